The predicted molar refractivity (Wildman–Crippen MR) is 93.7 cm³/mol. The zero-order chi connectivity index (χ0) is 15.1. The Labute approximate surface area is 133 Å². The van der Waals surface area contributed by atoms with Gasteiger partial charge in [0, 0.05) is 24.8 Å². The van der Waals surface area contributed by atoms with Crippen molar-refractivity contribution in [2.75, 3.05) is 24.5 Å². The van der Waals surface area contributed by atoms with Crippen LogP contribution in [0.5, 0.6) is 0 Å². The zero-order valence-corrected chi connectivity index (χ0v) is 13.5. The molecule has 2 aromatic carbocycles. The molecule has 1 atom stereocenters. The van der Waals surface area contributed by atoms with E-state index in [0.717, 1.165) is 19.6 Å². The number of fused-ring (bicyclic) bond motifs is 3. The number of hydrogen-bond acceptors (Lipinski definition) is 2. The van der Waals surface area contributed by atoms with Gasteiger partial charge >= 0.3 is 0 Å². The highest BCUT2D eigenvalue weighted by atomic mass is 15.2. The SMILES string of the molecule is Cc1cccc(-c2ccc3c(c2)CC2CCNCCN32)c1C. The number of anilines is 1. The van der Waals surface area contributed by atoms with E-state index >= 15 is 0 Å². The maximum atomic E-state index is 3.52. The Bertz CT molecular complexity index is 705. The van der Waals surface area contributed by atoms with E-state index in [1.165, 1.54) is 46.3 Å². The molecule has 0 saturated carbocycles. The molecule has 0 aliphatic carbocycles. The number of nitrogens with zero attached hydrogens (tertiary/aromatic N) is 1. The Morgan fingerprint density at radius 2 is 2.00 bits per heavy atom. The molecule has 0 amide bonds. The van der Waals surface area contributed by atoms with E-state index < -0.39 is 0 Å². The van der Waals surface area contributed by atoms with E-state index in [2.05, 4.69) is 60.5 Å². The van der Waals surface area contributed by atoms with Gasteiger partial charge < -0.3 is 10.2 Å². The quantitative estimate of drug-likeness (QED) is 0.862. The second-order valence-electron chi connectivity index (χ2n) is 6.68. The van der Waals surface area contributed by atoms with Gasteiger partial charge in [-0.25, -0.2) is 0 Å². The first-order chi connectivity index (χ1) is 10.7. The Morgan fingerprint density at radius 3 is 2.91 bits per heavy atom. The van der Waals surface area contributed by atoms with E-state index in [-0.39, 0.29) is 0 Å². The first-order valence-corrected chi connectivity index (χ1v) is 8.41. The van der Waals surface area contributed by atoms with Crippen LogP contribution < -0.4 is 10.2 Å². The van der Waals surface area contributed by atoms with Gasteiger partial charge in [-0.1, -0.05) is 24.3 Å². The molecule has 2 heteroatoms. The Hall–Kier alpha value is -1.80. The Morgan fingerprint density at radius 1 is 1.09 bits per heavy atom. The second kappa shape index (κ2) is 5.44. The van der Waals surface area contributed by atoms with Crippen molar-refractivity contribution < 1.29 is 0 Å². The summed E-state index contributed by atoms with van der Waals surface area (Å²) >= 11 is 0. The van der Waals surface area contributed by atoms with Crippen LogP contribution in [0.25, 0.3) is 11.1 Å². The largest absolute Gasteiger partial charge is 0.367 e. The van der Waals surface area contributed by atoms with Crippen molar-refractivity contribution in [3.05, 3.63) is 53.1 Å². The number of rotatable bonds is 1. The van der Waals surface area contributed by atoms with Gasteiger partial charge in [-0.2, -0.15) is 0 Å². The predicted octanol–water partition coefficient (Wildman–Crippen LogP) is 3.69. The van der Waals surface area contributed by atoms with Gasteiger partial charge in [0.15, 0.2) is 0 Å². The molecular formula is C20H24N2. The second-order valence-corrected chi connectivity index (χ2v) is 6.68. The standard InChI is InChI=1S/C20H24N2/c1-14-4-3-5-19(15(14)2)16-6-7-20-17(12-16)13-18-8-9-21-10-11-22(18)20/h3-7,12,18,21H,8-11,13H2,1-2H3. The summed E-state index contributed by atoms with van der Waals surface area (Å²) in [5.41, 5.74) is 8.52. The summed E-state index contributed by atoms with van der Waals surface area (Å²) in [5, 5.41) is 3.52. The third-order valence-electron chi connectivity index (χ3n) is 5.38. The number of hydrogen-bond donors (Lipinski definition) is 1. The summed E-state index contributed by atoms with van der Waals surface area (Å²) in [5.74, 6) is 0. The zero-order valence-electron chi connectivity index (χ0n) is 13.5. The molecule has 1 fully saturated rings. The van der Waals surface area contributed by atoms with Crippen LogP contribution in [0.3, 0.4) is 0 Å². The van der Waals surface area contributed by atoms with Crippen LogP contribution in [0.2, 0.25) is 0 Å². The Balaban J connectivity index is 1.73. The van der Waals surface area contributed by atoms with Gasteiger partial charge in [-0.3, -0.25) is 0 Å². The summed E-state index contributed by atoms with van der Waals surface area (Å²) in [6, 6.07) is 14.4. The highest BCUT2D eigenvalue weighted by molar-refractivity contribution is 5.73. The third kappa shape index (κ3) is 2.22. The van der Waals surface area contributed by atoms with Crippen molar-refractivity contribution in [1.29, 1.82) is 0 Å². The van der Waals surface area contributed by atoms with Crippen LogP contribution in [0.1, 0.15) is 23.1 Å². The van der Waals surface area contributed by atoms with Crippen molar-refractivity contribution in [2.45, 2.75) is 32.7 Å². The van der Waals surface area contributed by atoms with Crippen molar-refractivity contribution in [2.24, 2.45) is 0 Å². The van der Waals surface area contributed by atoms with Gasteiger partial charge in [0.05, 0.1) is 0 Å². The minimum absolute atomic E-state index is 0.693. The summed E-state index contributed by atoms with van der Waals surface area (Å²) in [4.78, 5) is 2.61. The molecule has 2 aromatic rings. The number of nitrogens with one attached hydrogen (secondary N) is 1. The van der Waals surface area contributed by atoms with Crippen LogP contribution >= 0.6 is 0 Å². The smallest absolute Gasteiger partial charge is 0.0403 e. The molecular weight excluding hydrogens is 268 g/mol. The lowest BCUT2D eigenvalue weighted by atomic mass is 9.95. The molecule has 1 saturated heterocycles. The molecule has 0 bridgehead atoms. The molecule has 2 aliphatic rings. The van der Waals surface area contributed by atoms with Gasteiger partial charge in [0.2, 0.25) is 0 Å². The van der Waals surface area contributed by atoms with Crippen LogP contribution in [0, 0.1) is 13.8 Å². The summed E-state index contributed by atoms with van der Waals surface area (Å²) in [6.07, 6.45) is 2.46. The van der Waals surface area contributed by atoms with Crippen molar-refractivity contribution in [3.8, 4) is 11.1 Å². The molecule has 0 spiro atoms. The first-order valence-electron chi connectivity index (χ1n) is 8.41. The monoisotopic (exact) mass is 292 g/mol. The fourth-order valence-electron chi connectivity index (χ4n) is 3.98. The molecule has 4 rings (SSSR count). The van der Waals surface area contributed by atoms with E-state index in [0.29, 0.717) is 6.04 Å². The van der Waals surface area contributed by atoms with E-state index in [1.807, 2.05) is 0 Å². The molecule has 114 valence electrons. The van der Waals surface area contributed by atoms with Gasteiger partial charge in [0.25, 0.3) is 0 Å². The summed E-state index contributed by atoms with van der Waals surface area (Å²) < 4.78 is 0. The van der Waals surface area contributed by atoms with E-state index in [9.17, 15) is 0 Å². The maximum Gasteiger partial charge on any atom is 0.0403 e. The van der Waals surface area contributed by atoms with E-state index in [1.54, 1.807) is 0 Å². The Kier molecular flexibility index (Phi) is 3.42. The fraction of sp³-hybridized carbons (Fsp3) is 0.400. The van der Waals surface area contributed by atoms with Gasteiger partial charge in [-0.05, 0) is 73.2 Å². The molecule has 2 aliphatic heterocycles. The lowest BCUT2D eigenvalue weighted by Crippen LogP contribution is -2.32. The molecule has 0 aromatic heterocycles. The van der Waals surface area contributed by atoms with Crippen LogP contribution in [-0.2, 0) is 6.42 Å². The first kappa shape index (κ1) is 13.8. The van der Waals surface area contributed by atoms with Crippen LogP contribution in [0.15, 0.2) is 36.4 Å². The molecule has 22 heavy (non-hydrogen) atoms. The molecule has 1 unspecified atom stereocenters. The number of benzene rings is 2. The van der Waals surface area contributed by atoms with Crippen molar-refractivity contribution >= 4 is 5.69 Å². The molecule has 2 nitrogen and oxygen atoms in total. The van der Waals surface area contributed by atoms with Crippen molar-refractivity contribution in [1.82, 2.24) is 5.32 Å². The summed E-state index contributed by atoms with van der Waals surface area (Å²) in [7, 11) is 0. The molecule has 1 N–H and O–H groups in total. The van der Waals surface area contributed by atoms with Crippen LogP contribution in [-0.4, -0.2) is 25.7 Å². The van der Waals surface area contributed by atoms with Gasteiger partial charge in [-0.15, -0.1) is 0 Å². The topological polar surface area (TPSA) is 15.3 Å². The average Bonchev–Trinajstić information content (AvgIpc) is 2.70. The van der Waals surface area contributed by atoms with Crippen molar-refractivity contribution in [3.63, 3.8) is 0 Å². The average molecular weight is 292 g/mol. The van der Waals surface area contributed by atoms with Gasteiger partial charge in [0.1, 0.15) is 0 Å². The lowest BCUT2D eigenvalue weighted by molar-refractivity contribution is 0.612. The number of aryl methyl sites for hydroxylation is 1. The highest BCUT2D eigenvalue weighted by Gasteiger charge is 2.30. The molecule has 0 radical (unpaired) electrons. The lowest BCUT2D eigenvalue weighted by Gasteiger charge is -2.24. The molecule has 2 heterocycles. The fourth-order valence-corrected chi connectivity index (χ4v) is 3.98. The highest BCUT2D eigenvalue weighted by Crippen LogP contribution is 2.37. The normalized spacial score (nSPS) is 20.5. The maximum absolute atomic E-state index is 3.52. The minimum Gasteiger partial charge on any atom is -0.367 e. The third-order valence-corrected chi connectivity index (χ3v) is 5.38. The minimum atomic E-state index is 0.693. The summed E-state index contributed by atoms with van der Waals surface area (Å²) in [6.45, 7) is 7.83. The van der Waals surface area contributed by atoms with E-state index in [4.69, 9.17) is 0 Å². The van der Waals surface area contributed by atoms with Crippen LogP contribution in [0.4, 0.5) is 5.69 Å².